The molecular formula is C22H26N4O2. The second-order valence-electron chi connectivity index (χ2n) is 7.76. The maximum absolute atomic E-state index is 12.6. The standard InChI is InChI=1S/C22H26N4O2/c1-2-18(27)23-14-19(28)26-12-6-10-22(15-26)11-9-17-13-24-21(25-20(17)22)16-7-4-3-5-8-16/h3-5,7-8,13H,2,6,9-12,14-15H2,1H3,(H,23,27). The van der Waals surface area contributed by atoms with E-state index in [-0.39, 0.29) is 23.8 Å². The normalized spacial score (nSPS) is 20.8. The monoisotopic (exact) mass is 378 g/mol. The molecule has 1 aliphatic carbocycles. The first kappa shape index (κ1) is 18.6. The number of nitrogens with one attached hydrogen (secondary N) is 1. The first-order valence-electron chi connectivity index (χ1n) is 10.1. The summed E-state index contributed by atoms with van der Waals surface area (Å²) in [7, 11) is 0. The third-order valence-electron chi connectivity index (χ3n) is 5.96. The molecule has 1 saturated heterocycles. The van der Waals surface area contributed by atoms with E-state index in [4.69, 9.17) is 4.98 Å². The summed E-state index contributed by atoms with van der Waals surface area (Å²) >= 11 is 0. The van der Waals surface area contributed by atoms with Gasteiger partial charge in [-0.25, -0.2) is 9.97 Å². The Bertz CT molecular complexity index is 879. The molecule has 28 heavy (non-hydrogen) atoms. The lowest BCUT2D eigenvalue weighted by Gasteiger charge is -2.40. The van der Waals surface area contributed by atoms with E-state index >= 15 is 0 Å². The molecule has 1 N–H and O–H groups in total. The average molecular weight is 378 g/mol. The van der Waals surface area contributed by atoms with Gasteiger partial charge in [0.1, 0.15) is 0 Å². The number of aromatic nitrogens is 2. The van der Waals surface area contributed by atoms with Crippen LogP contribution in [0.25, 0.3) is 11.4 Å². The molecule has 2 heterocycles. The minimum absolute atomic E-state index is 0.00772. The molecule has 146 valence electrons. The highest BCUT2D eigenvalue weighted by Gasteiger charge is 2.44. The molecule has 2 aliphatic rings. The Morgan fingerprint density at radius 3 is 2.82 bits per heavy atom. The van der Waals surface area contributed by atoms with Crippen molar-refractivity contribution in [2.24, 2.45) is 0 Å². The number of fused-ring (bicyclic) bond motifs is 2. The van der Waals surface area contributed by atoms with Crippen LogP contribution in [-0.2, 0) is 21.4 Å². The van der Waals surface area contributed by atoms with Crippen molar-refractivity contribution in [2.45, 2.75) is 44.4 Å². The topological polar surface area (TPSA) is 75.2 Å². The third-order valence-corrected chi connectivity index (χ3v) is 5.96. The molecule has 0 bridgehead atoms. The number of carbonyl (C=O) groups excluding carboxylic acids is 2. The molecule has 1 aliphatic heterocycles. The minimum Gasteiger partial charge on any atom is -0.347 e. The zero-order valence-corrected chi connectivity index (χ0v) is 16.3. The van der Waals surface area contributed by atoms with E-state index in [2.05, 4.69) is 10.3 Å². The molecule has 2 aromatic rings. The van der Waals surface area contributed by atoms with E-state index in [0.29, 0.717) is 13.0 Å². The minimum atomic E-state index is -0.0928. The summed E-state index contributed by atoms with van der Waals surface area (Å²) in [6.07, 6.45) is 6.30. The Labute approximate surface area is 165 Å². The van der Waals surface area contributed by atoms with Crippen LogP contribution in [0.5, 0.6) is 0 Å². The van der Waals surface area contributed by atoms with Crippen molar-refractivity contribution in [1.29, 1.82) is 0 Å². The van der Waals surface area contributed by atoms with Crippen molar-refractivity contribution in [2.75, 3.05) is 19.6 Å². The van der Waals surface area contributed by atoms with Crippen LogP contribution in [0.15, 0.2) is 36.5 Å². The van der Waals surface area contributed by atoms with Gasteiger partial charge in [-0.05, 0) is 31.2 Å². The predicted molar refractivity (Wildman–Crippen MR) is 107 cm³/mol. The third kappa shape index (κ3) is 3.51. The maximum atomic E-state index is 12.6. The first-order chi connectivity index (χ1) is 13.6. The van der Waals surface area contributed by atoms with Gasteiger partial charge < -0.3 is 10.2 Å². The number of rotatable bonds is 4. The van der Waals surface area contributed by atoms with Crippen molar-refractivity contribution < 1.29 is 9.59 Å². The van der Waals surface area contributed by atoms with Crippen LogP contribution in [0.3, 0.4) is 0 Å². The van der Waals surface area contributed by atoms with Crippen LogP contribution in [0.4, 0.5) is 0 Å². The summed E-state index contributed by atoms with van der Waals surface area (Å²) in [6.45, 7) is 3.28. The molecule has 6 nitrogen and oxygen atoms in total. The van der Waals surface area contributed by atoms with Gasteiger partial charge in [0.2, 0.25) is 11.8 Å². The van der Waals surface area contributed by atoms with Crippen LogP contribution < -0.4 is 5.32 Å². The summed E-state index contributed by atoms with van der Waals surface area (Å²) in [5.41, 5.74) is 3.23. The Kier molecular flexibility index (Phi) is 5.11. The average Bonchev–Trinajstić information content (AvgIpc) is 3.09. The number of nitrogens with zero attached hydrogens (tertiary/aromatic N) is 3. The van der Waals surface area contributed by atoms with Gasteiger partial charge in [0.05, 0.1) is 12.2 Å². The fourth-order valence-electron chi connectivity index (χ4n) is 4.42. The van der Waals surface area contributed by atoms with E-state index in [0.717, 1.165) is 49.3 Å². The van der Waals surface area contributed by atoms with Crippen molar-refractivity contribution in [3.05, 3.63) is 47.8 Å². The number of piperidine rings is 1. The number of aryl methyl sites for hydroxylation is 1. The number of hydrogen-bond donors (Lipinski definition) is 1. The Morgan fingerprint density at radius 2 is 2.04 bits per heavy atom. The predicted octanol–water partition coefficient (Wildman–Crippen LogP) is 2.48. The molecule has 1 unspecified atom stereocenters. The van der Waals surface area contributed by atoms with E-state index in [1.165, 1.54) is 5.56 Å². The highest BCUT2D eigenvalue weighted by Crippen LogP contribution is 2.44. The highest BCUT2D eigenvalue weighted by atomic mass is 16.2. The van der Waals surface area contributed by atoms with Gasteiger partial charge in [-0.1, -0.05) is 37.3 Å². The Hall–Kier alpha value is -2.76. The molecule has 4 rings (SSSR count). The lowest BCUT2D eigenvalue weighted by atomic mass is 9.77. The molecule has 1 aromatic heterocycles. The molecule has 1 aromatic carbocycles. The number of hydrogen-bond acceptors (Lipinski definition) is 4. The quantitative estimate of drug-likeness (QED) is 0.887. The van der Waals surface area contributed by atoms with Crippen LogP contribution in [-0.4, -0.2) is 46.3 Å². The molecular weight excluding hydrogens is 352 g/mol. The van der Waals surface area contributed by atoms with Crippen molar-refractivity contribution in [1.82, 2.24) is 20.2 Å². The molecule has 0 radical (unpaired) electrons. The van der Waals surface area contributed by atoms with Crippen LogP contribution in [0, 0.1) is 0 Å². The molecule has 1 spiro atoms. The van der Waals surface area contributed by atoms with Gasteiger partial charge in [0.25, 0.3) is 0 Å². The van der Waals surface area contributed by atoms with Gasteiger partial charge in [0.15, 0.2) is 5.82 Å². The summed E-state index contributed by atoms with van der Waals surface area (Å²) < 4.78 is 0. The summed E-state index contributed by atoms with van der Waals surface area (Å²) in [5.74, 6) is 0.650. The van der Waals surface area contributed by atoms with E-state index in [9.17, 15) is 9.59 Å². The lowest BCUT2D eigenvalue weighted by molar-refractivity contribution is -0.134. The number of amides is 2. The SMILES string of the molecule is CCC(=O)NCC(=O)N1CCCC2(CCc3cnc(-c4ccccc4)nc32)C1. The zero-order valence-electron chi connectivity index (χ0n) is 16.3. The van der Waals surface area contributed by atoms with Gasteiger partial charge in [0, 0.05) is 36.7 Å². The summed E-state index contributed by atoms with van der Waals surface area (Å²) in [5, 5.41) is 2.70. The molecule has 1 atom stereocenters. The number of likely N-dealkylation sites (tertiary alicyclic amines) is 1. The van der Waals surface area contributed by atoms with Gasteiger partial charge in [-0.2, -0.15) is 0 Å². The van der Waals surface area contributed by atoms with E-state index < -0.39 is 0 Å². The fraction of sp³-hybridized carbons (Fsp3) is 0.455. The van der Waals surface area contributed by atoms with Crippen LogP contribution in [0.1, 0.15) is 43.9 Å². The maximum Gasteiger partial charge on any atom is 0.241 e. The van der Waals surface area contributed by atoms with E-state index in [1.807, 2.05) is 41.4 Å². The van der Waals surface area contributed by atoms with Crippen molar-refractivity contribution in [3.8, 4) is 11.4 Å². The summed E-state index contributed by atoms with van der Waals surface area (Å²) in [4.78, 5) is 35.6. The van der Waals surface area contributed by atoms with Gasteiger partial charge >= 0.3 is 0 Å². The van der Waals surface area contributed by atoms with E-state index in [1.54, 1.807) is 6.92 Å². The van der Waals surface area contributed by atoms with Crippen LogP contribution >= 0.6 is 0 Å². The second-order valence-corrected chi connectivity index (χ2v) is 7.76. The first-order valence-corrected chi connectivity index (χ1v) is 10.1. The molecule has 6 heteroatoms. The molecule has 0 saturated carbocycles. The van der Waals surface area contributed by atoms with Gasteiger partial charge in [-0.15, -0.1) is 0 Å². The Balaban J connectivity index is 1.56. The molecule has 2 amide bonds. The summed E-state index contributed by atoms with van der Waals surface area (Å²) in [6, 6.07) is 10.0. The Morgan fingerprint density at radius 1 is 1.21 bits per heavy atom. The van der Waals surface area contributed by atoms with Crippen molar-refractivity contribution >= 4 is 11.8 Å². The van der Waals surface area contributed by atoms with Crippen molar-refractivity contribution in [3.63, 3.8) is 0 Å². The second kappa shape index (κ2) is 7.70. The van der Waals surface area contributed by atoms with Crippen LogP contribution in [0.2, 0.25) is 0 Å². The number of carbonyl (C=O) groups is 2. The largest absolute Gasteiger partial charge is 0.347 e. The number of benzene rings is 1. The zero-order chi connectivity index (χ0) is 19.6. The molecule has 1 fully saturated rings. The lowest BCUT2D eigenvalue weighted by Crippen LogP contribution is -2.50. The van der Waals surface area contributed by atoms with Gasteiger partial charge in [-0.3, -0.25) is 9.59 Å². The highest BCUT2D eigenvalue weighted by molar-refractivity contribution is 5.84. The fourth-order valence-corrected chi connectivity index (χ4v) is 4.42. The smallest absolute Gasteiger partial charge is 0.241 e.